The van der Waals surface area contributed by atoms with Crippen LogP contribution < -0.4 is 0 Å². The van der Waals surface area contributed by atoms with Crippen molar-refractivity contribution in [2.45, 2.75) is 39.5 Å². The molecule has 1 heterocycles. The molecule has 0 saturated carbocycles. The van der Waals surface area contributed by atoms with E-state index in [0.717, 1.165) is 42.4 Å². The van der Waals surface area contributed by atoms with Gasteiger partial charge in [-0.15, -0.1) is 0 Å². The Hall–Kier alpha value is -1.77. The van der Waals surface area contributed by atoms with Gasteiger partial charge in [0.15, 0.2) is 5.78 Å². The summed E-state index contributed by atoms with van der Waals surface area (Å²) in [7, 11) is 0. The van der Waals surface area contributed by atoms with Crippen LogP contribution in [0.1, 0.15) is 47.0 Å². The normalized spacial score (nSPS) is 14.8. The van der Waals surface area contributed by atoms with Gasteiger partial charge in [-0.3, -0.25) is 4.79 Å². The van der Waals surface area contributed by atoms with E-state index >= 15 is 0 Å². The summed E-state index contributed by atoms with van der Waals surface area (Å²) in [6, 6.07) is 1.79. The summed E-state index contributed by atoms with van der Waals surface area (Å²) in [5.74, 6) is 0.976. The fraction of sp³-hybridized carbons (Fsp3) is 0.400. The lowest BCUT2D eigenvalue weighted by molar-refractivity contribution is 0.101. The molecule has 3 nitrogen and oxygen atoms in total. The number of furan rings is 1. The number of fused-ring (bicyclic) bond motifs is 3. The second-order valence-electron chi connectivity index (χ2n) is 5.04. The molecule has 0 amide bonds. The predicted molar refractivity (Wildman–Crippen MR) is 69.3 cm³/mol. The number of carbonyl (C=O) groups is 1. The van der Waals surface area contributed by atoms with E-state index in [9.17, 15) is 9.90 Å². The standard InChI is InChI=1S/C15H16O3/c1-8-14(17)11(9(2)16)7-12-10-5-3-4-6-13(10)18-15(8)12/h7,17H,3-6H2,1-2H3. The zero-order valence-electron chi connectivity index (χ0n) is 10.7. The molecule has 1 aliphatic rings. The van der Waals surface area contributed by atoms with Crippen LogP contribution in [-0.4, -0.2) is 10.9 Å². The van der Waals surface area contributed by atoms with E-state index in [0.29, 0.717) is 11.1 Å². The van der Waals surface area contributed by atoms with Gasteiger partial charge in [0.05, 0.1) is 5.56 Å². The number of hydrogen-bond acceptors (Lipinski definition) is 3. The molecule has 94 valence electrons. The third kappa shape index (κ3) is 1.47. The van der Waals surface area contributed by atoms with Gasteiger partial charge in [0.1, 0.15) is 17.1 Å². The van der Waals surface area contributed by atoms with Crippen molar-refractivity contribution in [1.82, 2.24) is 0 Å². The summed E-state index contributed by atoms with van der Waals surface area (Å²) in [4.78, 5) is 11.6. The van der Waals surface area contributed by atoms with Crippen LogP contribution in [-0.2, 0) is 12.8 Å². The van der Waals surface area contributed by atoms with Crippen LogP contribution in [0.5, 0.6) is 5.75 Å². The minimum atomic E-state index is -0.108. The lowest BCUT2D eigenvalue weighted by atomic mass is 9.94. The number of hydrogen-bond donors (Lipinski definition) is 1. The highest BCUT2D eigenvalue weighted by Gasteiger charge is 2.22. The Morgan fingerprint density at radius 1 is 1.33 bits per heavy atom. The summed E-state index contributed by atoms with van der Waals surface area (Å²) in [5, 5.41) is 11.1. The molecule has 0 unspecified atom stereocenters. The van der Waals surface area contributed by atoms with Crippen LogP contribution in [0.2, 0.25) is 0 Å². The fourth-order valence-corrected chi connectivity index (χ4v) is 2.81. The van der Waals surface area contributed by atoms with E-state index in [2.05, 4.69) is 0 Å². The van der Waals surface area contributed by atoms with Crippen molar-refractivity contribution in [2.24, 2.45) is 0 Å². The number of rotatable bonds is 1. The first-order valence-electron chi connectivity index (χ1n) is 6.37. The predicted octanol–water partition coefficient (Wildman–Crippen LogP) is 3.53. The van der Waals surface area contributed by atoms with E-state index in [1.807, 2.05) is 0 Å². The lowest BCUT2D eigenvalue weighted by Crippen LogP contribution is -1.99. The van der Waals surface area contributed by atoms with Gasteiger partial charge in [-0.2, -0.15) is 0 Å². The molecular formula is C15H16O3. The van der Waals surface area contributed by atoms with E-state index < -0.39 is 0 Å². The zero-order chi connectivity index (χ0) is 12.9. The van der Waals surface area contributed by atoms with Crippen LogP contribution in [0.25, 0.3) is 11.0 Å². The average Bonchev–Trinajstić information content (AvgIpc) is 2.72. The number of aryl methyl sites for hydroxylation is 3. The number of Topliss-reactive ketones (excluding diaryl/α,β-unsaturated/α-hetero) is 1. The van der Waals surface area contributed by atoms with Gasteiger partial charge in [-0.05, 0) is 39.2 Å². The van der Waals surface area contributed by atoms with Gasteiger partial charge in [0.25, 0.3) is 0 Å². The minimum absolute atomic E-state index is 0.0566. The quantitative estimate of drug-likeness (QED) is 0.781. The first kappa shape index (κ1) is 11.3. The molecule has 1 N–H and O–H groups in total. The monoisotopic (exact) mass is 244 g/mol. The second kappa shape index (κ2) is 3.87. The average molecular weight is 244 g/mol. The summed E-state index contributed by atoms with van der Waals surface area (Å²) >= 11 is 0. The van der Waals surface area contributed by atoms with Crippen molar-refractivity contribution in [3.05, 3.63) is 28.5 Å². The highest BCUT2D eigenvalue weighted by Crippen LogP contribution is 2.38. The highest BCUT2D eigenvalue weighted by molar-refractivity contribution is 6.02. The van der Waals surface area contributed by atoms with Crippen molar-refractivity contribution < 1.29 is 14.3 Å². The molecule has 0 bridgehead atoms. The van der Waals surface area contributed by atoms with Crippen molar-refractivity contribution >= 4 is 16.8 Å². The second-order valence-corrected chi connectivity index (χ2v) is 5.04. The van der Waals surface area contributed by atoms with E-state index in [1.165, 1.54) is 12.5 Å². The molecule has 0 saturated heterocycles. The van der Waals surface area contributed by atoms with Crippen molar-refractivity contribution in [3.63, 3.8) is 0 Å². The van der Waals surface area contributed by atoms with Crippen LogP contribution in [0.15, 0.2) is 10.5 Å². The SMILES string of the molecule is CC(=O)c1cc2c3c(oc2c(C)c1O)CCCC3. The summed E-state index contributed by atoms with van der Waals surface area (Å²) in [6.45, 7) is 3.28. The smallest absolute Gasteiger partial charge is 0.163 e. The maximum atomic E-state index is 11.6. The van der Waals surface area contributed by atoms with Crippen LogP contribution in [0, 0.1) is 6.92 Å². The molecule has 0 spiro atoms. The molecule has 0 radical (unpaired) electrons. The molecule has 18 heavy (non-hydrogen) atoms. The Morgan fingerprint density at radius 3 is 2.78 bits per heavy atom. The van der Waals surface area contributed by atoms with Crippen molar-refractivity contribution in [3.8, 4) is 5.75 Å². The van der Waals surface area contributed by atoms with Gasteiger partial charge in [-0.1, -0.05) is 0 Å². The molecular weight excluding hydrogens is 228 g/mol. The Balaban J connectivity index is 2.37. The Morgan fingerprint density at radius 2 is 2.06 bits per heavy atom. The van der Waals surface area contributed by atoms with E-state index in [-0.39, 0.29) is 11.5 Å². The molecule has 1 aromatic carbocycles. The largest absolute Gasteiger partial charge is 0.507 e. The summed E-state index contributed by atoms with van der Waals surface area (Å²) < 4.78 is 5.87. The third-order valence-electron chi connectivity index (χ3n) is 3.83. The number of benzene rings is 1. The van der Waals surface area contributed by atoms with Gasteiger partial charge >= 0.3 is 0 Å². The highest BCUT2D eigenvalue weighted by atomic mass is 16.3. The van der Waals surface area contributed by atoms with Crippen LogP contribution in [0.3, 0.4) is 0 Å². The Bertz CT molecular complexity index is 650. The zero-order valence-corrected chi connectivity index (χ0v) is 10.7. The topological polar surface area (TPSA) is 50.4 Å². The number of ketones is 1. The Labute approximate surface area is 105 Å². The molecule has 1 aliphatic carbocycles. The summed E-state index contributed by atoms with van der Waals surface area (Å²) in [5.41, 5.74) is 3.03. The molecule has 1 aromatic heterocycles. The number of phenols is 1. The molecule has 0 aliphatic heterocycles. The summed E-state index contributed by atoms with van der Waals surface area (Å²) in [6.07, 6.45) is 4.28. The van der Waals surface area contributed by atoms with Gasteiger partial charge in [0, 0.05) is 22.9 Å². The minimum Gasteiger partial charge on any atom is -0.507 e. The molecule has 0 fully saturated rings. The first-order valence-corrected chi connectivity index (χ1v) is 6.37. The van der Waals surface area contributed by atoms with Crippen molar-refractivity contribution in [2.75, 3.05) is 0 Å². The van der Waals surface area contributed by atoms with Gasteiger partial charge in [0.2, 0.25) is 0 Å². The number of phenolic OH excluding ortho intramolecular Hbond substituents is 1. The fourth-order valence-electron chi connectivity index (χ4n) is 2.81. The third-order valence-corrected chi connectivity index (χ3v) is 3.83. The molecule has 3 rings (SSSR count). The lowest BCUT2D eigenvalue weighted by Gasteiger charge is -2.09. The molecule has 2 aromatic rings. The van der Waals surface area contributed by atoms with E-state index in [4.69, 9.17) is 4.42 Å². The van der Waals surface area contributed by atoms with Gasteiger partial charge < -0.3 is 9.52 Å². The Kier molecular flexibility index (Phi) is 2.44. The van der Waals surface area contributed by atoms with E-state index in [1.54, 1.807) is 13.0 Å². The van der Waals surface area contributed by atoms with Crippen LogP contribution >= 0.6 is 0 Å². The molecule has 0 atom stereocenters. The number of aromatic hydroxyl groups is 1. The first-order chi connectivity index (χ1) is 8.59. The molecule has 3 heteroatoms. The maximum Gasteiger partial charge on any atom is 0.163 e. The number of carbonyl (C=O) groups excluding carboxylic acids is 1. The van der Waals surface area contributed by atoms with Crippen LogP contribution in [0.4, 0.5) is 0 Å². The maximum absolute atomic E-state index is 11.6. The van der Waals surface area contributed by atoms with Gasteiger partial charge in [-0.25, -0.2) is 0 Å². The van der Waals surface area contributed by atoms with Crippen molar-refractivity contribution in [1.29, 1.82) is 0 Å².